The van der Waals surface area contributed by atoms with Crippen LogP contribution in [0.5, 0.6) is 29.0 Å². The lowest BCUT2D eigenvalue weighted by Crippen LogP contribution is -2.44. The molecule has 1 aliphatic heterocycles. The number of nitrogens with zero attached hydrogens (tertiary/aromatic N) is 3. The number of amides is 1. The van der Waals surface area contributed by atoms with E-state index < -0.39 is 0 Å². The highest BCUT2D eigenvalue weighted by molar-refractivity contribution is 5.95. The van der Waals surface area contributed by atoms with Gasteiger partial charge in [0.15, 0.2) is 11.5 Å². The minimum Gasteiger partial charge on any atom is -0.490 e. The summed E-state index contributed by atoms with van der Waals surface area (Å²) in [6.07, 6.45) is 4.50. The van der Waals surface area contributed by atoms with Gasteiger partial charge in [0.1, 0.15) is 6.10 Å². The molecule has 9 nitrogen and oxygen atoms in total. The highest BCUT2D eigenvalue weighted by atomic mass is 16.5. The SMILES string of the molecule is CCOc1cc(C(=O)N2CCCC(Oc3nccnc3OC)C2)cc(OCC)c1OCC. The normalized spacial score (nSPS) is 15.8. The first-order chi connectivity index (χ1) is 15.6. The smallest absolute Gasteiger partial charge is 0.278 e. The Morgan fingerprint density at radius 1 is 1.00 bits per heavy atom. The summed E-state index contributed by atoms with van der Waals surface area (Å²) >= 11 is 0. The molecule has 1 atom stereocenters. The van der Waals surface area contributed by atoms with E-state index >= 15 is 0 Å². The van der Waals surface area contributed by atoms with Crippen molar-refractivity contribution in [3.63, 3.8) is 0 Å². The lowest BCUT2D eigenvalue weighted by Gasteiger charge is -2.33. The van der Waals surface area contributed by atoms with Gasteiger partial charge >= 0.3 is 0 Å². The van der Waals surface area contributed by atoms with Crippen LogP contribution in [0.15, 0.2) is 24.5 Å². The zero-order valence-corrected chi connectivity index (χ0v) is 19.1. The molecule has 1 unspecified atom stereocenters. The molecular weight excluding hydrogens is 414 g/mol. The molecule has 1 aromatic heterocycles. The highest BCUT2D eigenvalue weighted by Crippen LogP contribution is 2.39. The van der Waals surface area contributed by atoms with E-state index in [-0.39, 0.29) is 12.0 Å². The third-order valence-electron chi connectivity index (χ3n) is 4.93. The summed E-state index contributed by atoms with van der Waals surface area (Å²) < 4.78 is 28.5. The molecule has 1 fully saturated rings. The second-order valence-corrected chi connectivity index (χ2v) is 7.10. The van der Waals surface area contributed by atoms with Crippen molar-refractivity contribution in [2.24, 2.45) is 0 Å². The largest absolute Gasteiger partial charge is 0.490 e. The van der Waals surface area contributed by atoms with E-state index in [1.54, 1.807) is 29.4 Å². The van der Waals surface area contributed by atoms with Crippen LogP contribution in [-0.4, -0.2) is 66.9 Å². The van der Waals surface area contributed by atoms with Crippen LogP contribution >= 0.6 is 0 Å². The molecule has 0 N–H and O–H groups in total. The molecule has 0 bridgehead atoms. The van der Waals surface area contributed by atoms with E-state index in [1.165, 1.54) is 7.11 Å². The van der Waals surface area contributed by atoms with Gasteiger partial charge < -0.3 is 28.6 Å². The molecule has 32 heavy (non-hydrogen) atoms. The average Bonchev–Trinajstić information content (AvgIpc) is 2.81. The zero-order valence-electron chi connectivity index (χ0n) is 19.1. The Labute approximate surface area is 188 Å². The van der Waals surface area contributed by atoms with Crippen molar-refractivity contribution < 1.29 is 28.5 Å². The summed E-state index contributed by atoms with van der Waals surface area (Å²) in [4.78, 5) is 23.5. The van der Waals surface area contributed by atoms with Gasteiger partial charge in [-0.1, -0.05) is 0 Å². The molecule has 0 aliphatic carbocycles. The average molecular weight is 446 g/mol. The number of carbonyl (C=O) groups excluding carboxylic acids is 1. The van der Waals surface area contributed by atoms with Gasteiger partial charge in [-0.05, 0) is 45.7 Å². The molecule has 1 aliphatic rings. The topological polar surface area (TPSA) is 92.2 Å². The molecule has 3 rings (SSSR count). The van der Waals surface area contributed by atoms with Gasteiger partial charge in [-0.3, -0.25) is 4.79 Å². The Balaban J connectivity index is 1.81. The van der Waals surface area contributed by atoms with Gasteiger partial charge in [-0.2, -0.15) is 0 Å². The maximum atomic E-state index is 13.4. The van der Waals surface area contributed by atoms with Gasteiger partial charge in [0.2, 0.25) is 5.75 Å². The first-order valence-corrected chi connectivity index (χ1v) is 11.0. The van der Waals surface area contributed by atoms with E-state index in [2.05, 4.69) is 9.97 Å². The molecule has 9 heteroatoms. The fourth-order valence-electron chi connectivity index (χ4n) is 3.60. The van der Waals surface area contributed by atoms with Gasteiger partial charge in [0, 0.05) is 24.5 Å². The number of ether oxygens (including phenoxy) is 5. The summed E-state index contributed by atoms with van der Waals surface area (Å²) in [6, 6.07) is 3.44. The number of likely N-dealkylation sites (tertiary alicyclic amines) is 1. The number of hydrogen-bond acceptors (Lipinski definition) is 8. The molecule has 1 aromatic carbocycles. The number of carbonyl (C=O) groups is 1. The molecule has 2 aromatic rings. The Morgan fingerprint density at radius 2 is 1.62 bits per heavy atom. The standard InChI is InChI=1S/C23H31N3O6/c1-5-29-18-13-16(14-19(30-6-2)20(18)31-7-3)23(27)26-12-8-9-17(15-26)32-22-21(28-4)24-10-11-25-22/h10-11,13-14,17H,5-9,12,15H2,1-4H3. The number of hydrogen-bond donors (Lipinski definition) is 0. The van der Waals surface area contributed by atoms with Crippen LogP contribution in [0.25, 0.3) is 0 Å². The summed E-state index contributed by atoms with van der Waals surface area (Å²) in [7, 11) is 1.52. The van der Waals surface area contributed by atoms with Crippen LogP contribution in [0.2, 0.25) is 0 Å². The monoisotopic (exact) mass is 445 g/mol. The minimum atomic E-state index is -0.210. The second kappa shape index (κ2) is 11.4. The first kappa shape index (κ1) is 23.4. The van der Waals surface area contributed by atoms with Crippen molar-refractivity contribution in [1.82, 2.24) is 14.9 Å². The van der Waals surface area contributed by atoms with Crippen molar-refractivity contribution in [3.8, 4) is 29.0 Å². The van der Waals surface area contributed by atoms with Gasteiger partial charge in [0.05, 0.1) is 33.5 Å². The summed E-state index contributed by atoms with van der Waals surface area (Å²) in [5.41, 5.74) is 0.484. The predicted molar refractivity (Wildman–Crippen MR) is 118 cm³/mol. The Hall–Kier alpha value is -3.23. The van der Waals surface area contributed by atoms with Crippen molar-refractivity contribution >= 4 is 5.91 Å². The quantitative estimate of drug-likeness (QED) is 0.550. The van der Waals surface area contributed by atoms with Crippen LogP contribution < -0.4 is 23.7 Å². The molecule has 0 radical (unpaired) electrons. The molecule has 1 saturated heterocycles. The fourth-order valence-corrected chi connectivity index (χ4v) is 3.60. The van der Waals surface area contributed by atoms with Crippen molar-refractivity contribution in [2.75, 3.05) is 40.0 Å². The number of aromatic nitrogens is 2. The fraction of sp³-hybridized carbons (Fsp3) is 0.522. The van der Waals surface area contributed by atoms with E-state index in [0.29, 0.717) is 67.5 Å². The van der Waals surface area contributed by atoms with Gasteiger partial charge in [-0.25, -0.2) is 9.97 Å². The number of rotatable bonds is 10. The first-order valence-electron chi connectivity index (χ1n) is 11.0. The second-order valence-electron chi connectivity index (χ2n) is 7.10. The van der Waals surface area contributed by atoms with Gasteiger partial charge in [-0.15, -0.1) is 0 Å². The van der Waals surface area contributed by atoms with Crippen LogP contribution in [0, 0.1) is 0 Å². The van der Waals surface area contributed by atoms with Crippen LogP contribution in [-0.2, 0) is 0 Å². The van der Waals surface area contributed by atoms with E-state index in [0.717, 1.165) is 12.8 Å². The molecule has 0 spiro atoms. The zero-order chi connectivity index (χ0) is 22.9. The minimum absolute atomic E-state index is 0.116. The van der Waals surface area contributed by atoms with Crippen LogP contribution in [0.1, 0.15) is 44.0 Å². The lowest BCUT2D eigenvalue weighted by atomic mass is 10.1. The van der Waals surface area contributed by atoms with Crippen LogP contribution in [0.4, 0.5) is 0 Å². The van der Waals surface area contributed by atoms with Crippen molar-refractivity contribution in [3.05, 3.63) is 30.1 Å². The Bertz CT molecular complexity index is 880. The molecule has 1 amide bonds. The third-order valence-corrected chi connectivity index (χ3v) is 4.93. The Kier molecular flexibility index (Phi) is 8.35. The third kappa shape index (κ3) is 5.52. The maximum absolute atomic E-state index is 13.4. The summed E-state index contributed by atoms with van der Waals surface area (Å²) in [6.45, 7) is 8.09. The van der Waals surface area contributed by atoms with Crippen molar-refractivity contribution in [2.45, 2.75) is 39.7 Å². The predicted octanol–water partition coefficient (Wildman–Crippen LogP) is 3.36. The van der Waals surface area contributed by atoms with Gasteiger partial charge in [0.25, 0.3) is 17.7 Å². The number of methoxy groups -OCH3 is 1. The molecular formula is C23H31N3O6. The summed E-state index contributed by atoms with van der Waals surface area (Å²) in [5, 5.41) is 0. The van der Waals surface area contributed by atoms with Crippen LogP contribution in [0.3, 0.4) is 0 Å². The molecule has 2 heterocycles. The maximum Gasteiger partial charge on any atom is 0.278 e. The lowest BCUT2D eigenvalue weighted by molar-refractivity contribution is 0.0518. The van der Waals surface area contributed by atoms with E-state index in [9.17, 15) is 4.79 Å². The van der Waals surface area contributed by atoms with Crippen molar-refractivity contribution in [1.29, 1.82) is 0 Å². The molecule has 174 valence electrons. The summed E-state index contributed by atoms with van der Waals surface area (Å²) in [5.74, 6) is 2.05. The molecule has 0 saturated carbocycles. The Morgan fingerprint density at radius 3 is 2.22 bits per heavy atom. The number of piperidine rings is 1. The van der Waals surface area contributed by atoms with E-state index in [1.807, 2.05) is 20.8 Å². The number of benzene rings is 1. The van der Waals surface area contributed by atoms with E-state index in [4.69, 9.17) is 23.7 Å². The highest BCUT2D eigenvalue weighted by Gasteiger charge is 2.28.